The van der Waals surface area contributed by atoms with E-state index in [4.69, 9.17) is 4.74 Å². The summed E-state index contributed by atoms with van der Waals surface area (Å²) in [6, 6.07) is 1.06. The zero-order valence-electron chi connectivity index (χ0n) is 8.71. The van der Waals surface area contributed by atoms with Crippen molar-refractivity contribution in [3.05, 3.63) is 26.3 Å². The van der Waals surface area contributed by atoms with Gasteiger partial charge in [0.15, 0.2) is 5.52 Å². The van der Waals surface area contributed by atoms with E-state index in [1.807, 2.05) is 0 Å². The van der Waals surface area contributed by atoms with E-state index in [1.165, 1.54) is 0 Å². The Hall–Kier alpha value is -2.04. The number of ether oxygens (including phenoxy) is 1. The summed E-state index contributed by atoms with van der Waals surface area (Å²) in [5.74, 6) is -0.443. The molecule has 1 radical (unpaired) electrons. The van der Waals surface area contributed by atoms with Gasteiger partial charge in [-0.25, -0.2) is 0 Å². The first kappa shape index (κ1) is 14.0. The van der Waals surface area contributed by atoms with Gasteiger partial charge in [0.05, 0.1) is 23.0 Å². The number of nitrogens with one attached hydrogen (secondary N) is 1. The summed E-state index contributed by atoms with van der Waals surface area (Å²) in [5.41, 5.74) is -1.16. The molecular formula is C7H5AgN5O5. The van der Waals surface area contributed by atoms with Crippen LogP contribution in [0.4, 0.5) is 11.4 Å². The SMILES string of the molecule is COc1c([N+](=O)[O-])cc2n[nH]nc2c1[N+](=O)[O-].[Ag]. The van der Waals surface area contributed by atoms with Gasteiger partial charge in [-0.3, -0.25) is 20.2 Å². The molecule has 0 unspecified atom stereocenters. The topological polar surface area (TPSA) is 137 Å². The summed E-state index contributed by atoms with van der Waals surface area (Å²) in [5, 5.41) is 31.0. The molecule has 0 fully saturated rings. The Morgan fingerprint density at radius 2 is 1.94 bits per heavy atom. The zero-order chi connectivity index (χ0) is 12.6. The van der Waals surface area contributed by atoms with E-state index in [0.717, 1.165) is 13.2 Å². The molecule has 0 aliphatic heterocycles. The van der Waals surface area contributed by atoms with E-state index in [1.54, 1.807) is 0 Å². The van der Waals surface area contributed by atoms with E-state index >= 15 is 0 Å². The number of fused-ring (bicyclic) bond motifs is 1. The van der Waals surface area contributed by atoms with Crippen LogP contribution in [0.15, 0.2) is 6.07 Å². The Kier molecular flexibility index (Phi) is 3.96. The largest absolute Gasteiger partial charge is 0.485 e. The smallest absolute Gasteiger partial charge is 0.347 e. The van der Waals surface area contributed by atoms with Crippen LogP contribution in [-0.4, -0.2) is 32.4 Å². The third kappa shape index (κ3) is 2.03. The fourth-order valence-corrected chi connectivity index (χ4v) is 1.44. The van der Waals surface area contributed by atoms with E-state index in [-0.39, 0.29) is 33.4 Å². The van der Waals surface area contributed by atoms with Crippen molar-refractivity contribution in [3.8, 4) is 5.75 Å². The number of hydrogen-bond acceptors (Lipinski definition) is 7. The van der Waals surface area contributed by atoms with Crippen molar-refractivity contribution in [1.29, 1.82) is 0 Å². The van der Waals surface area contributed by atoms with Gasteiger partial charge < -0.3 is 4.74 Å². The Morgan fingerprint density at radius 1 is 1.28 bits per heavy atom. The van der Waals surface area contributed by atoms with Crippen LogP contribution in [0, 0.1) is 20.2 Å². The standard InChI is InChI=1S/C7H5N5O5.Ag/c1-17-7-4(11(13)14)2-3-5(9-10-8-3)6(7)12(15)16;/h2H,1H3,(H,8,9,10);. The molecule has 0 atom stereocenters. The number of aromatic amines is 1. The molecule has 1 aromatic heterocycles. The van der Waals surface area contributed by atoms with E-state index in [2.05, 4.69) is 15.4 Å². The normalized spacial score (nSPS) is 9.83. The van der Waals surface area contributed by atoms with Gasteiger partial charge in [-0.15, -0.1) is 5.10 Å². The van der Waals surface area contributed by atoms with Gasteiger partial charge in [0.2, 0.25) is 0 Å². The van der Waals surface area contributed by atoms with Gasteiger partial charge in [-0.05, 0) is 0 Å². The molecule has 18 heavy (non-hydrogen) atoms. The van der Waals surface area contributed by atoms with Crippen LogP contribution in [0.5, 0.6) is 5.75 Å². The van der Waals surface area contributed by atoms with E-state index < -0.39 is 27.0 Å². The van der Waals surface area contributed by atoms with Crippen LogP contribution >= 0.6 is 0 Å². The molecular weight excluding hydrogens is 342 g/mol. The van der Waals surface area contributed by atoms with Crippen molar-refractivity contribution in [1.82, 2.24) is 15.4 Å². The third-order valence-corrected chi connectivity index (χ3v) is 2.10. The average molecular weight is 347 g/mol. The number of nitro groups is 2. The molecule has 0 spiro atoms. The fraction of sp³-hybridized carbons (Fsp3) is 0.143. The van der Waals surface area contributed by atoms with Crippen LogP contribution < -0.4 is 4.74 Å². The summed E-state index contributed by atoms with van der Waals surface area (Å²) >= 11 is 0. The van der Waals surface area contributed by atoms with Crippen LogP contribution in [0.25, 0.3) is 11.0 Å². The molecule has 11 heteroatoms. The van der Waals surface area contributed by atoms with E-state index in [9.17, 15) is 20.2 Å². The minimum absolute atomic E-state index is 0. The molecule has 1 N–H and O–H groups in total. The number of rotatable bonds is 3. The summed E-state index contributed by atoms with van der Waals surface area (Å²) in [4.78, 5) is 20.1. The number of H-pyrrole nitrogens is 1. The van der Waals surface area contributed by atoms with Gasteiger partial charge in [0.25, 0.3) is 5.75 Å². The molecule has 0 aliphatic rings. The Balaban J connectivity index is 0.00000162. The van der Waals surface area contributed by atoms with Crippen molar-refractivity contribution in [2.45, 2.75) is 0 Å². The molecule has 2 aromatic rings. The minimum atomic E-state index is -0.795. The van der Waals surface area contributed by atoms with Crippen LogP contribution in [0.3, 0.4) is 0 Å². The molecule has 10 nitrogen and oxygen atoms in total. The summed E-state index contributed by atoms with van der Waals surface area (Å²) in [6.45, 7) is 0. The second-order valence-electron chi connectivity index (χ2n) is 2.98. The predicted octanol–water partition coefficient (Wildman–Crippen LogP) is 0.780. The summed E-state index contributed by atoms with van der Waals surface area (Å²) in [6.07, 6.45) is 0. The molecule has 0 aliphatic carbocycles. The third-order valence-electron chi connectivity index (χ3n) is 2.10. The zero-order valence-corrected chi connectivity index (χ0v) is 10.2. The Labute approximate surface area is 114 Å². The molecule has 0 bridgehead atoms. The van der Waals surface area contributed by atoms with Crippen molar-refractivity contribution >= 4 is 22.4 Å². The van der Waals surface area contributed by atoms with Crippen LogP contribution in [0.1, 0.15) is 0 Å². The van der Waals surface area contributed by atoms with Crippen LogP contribution in [-0.2, 0) is 22.4 Å². The number of nitrogens with zero attached hydrogens (tertiary/aromatic N) is 4. The number of benzene rings is 1. The van der Waals surface area contributed by atoms with Crippen molar-refractivity contribution < 1.29 is 37.0 Å². The van der Waals surface area contributed by atoms with Crippen molar-refractivity contribution in [2.75, 3.05) is 7.11 Å². The first-order valence-electron chi connectivity index (χ1n) is 4.26. The number of aromatic nitrogens is 3. The van der Waals surface area contributed by atoms with Gasteiger partial charge in [-0.1, -0.05) is 0 Å². The Morgan fingerprint density at radius 3 is 2.44 bits per heavy atom. The molecule has 1 aromatic carbocycles. The predicted molar refractivity (Wildman–Crippen MR) is 53.7 cm³/mol. The first-order valence-corrected chi connectivity index (χ1v) is 4.26. The van der Waals surface area contributed by atoms with Crippen molar-refractivity contribution in [2.24, 2.45) is 0 Å². The van der Waals surface area contributed by atoms with Gasteiger partial charge in [0, 0.05) is 22.4 Å². The first-order chi connectivity index (χ1) is 8.06. The maximum atomic E-state index is 10.9. The minimum Gasteiger partial charge on any atom is -0.485 e. The summed E-state index contributed by atoms with van der Waals surface area (Å²) in [7, 11) is 1.11. The maximum Gasteiger partial charge on any atom is 0.347 e. The number of hydrogen-bond donors (Lipinski definition) is 1. The molecule has 1 heterocycles. The molecule has 0 saturated carbocycles. The second kappa shape index (κ2) is 5.08. The number of nitro benzene ring substituents is 2. The summed E-state index contributed by atoms with van der Waals surface area (Å²) < 4.78 is 4.71. The molecule has 0 saturated heterocycles. The monoisotopic (exact) mass is 346 g/mol. The molecule has 2 rings (SSSR count). The Bertz CT molecular complexity index is 626. The van der Waals surface area contributed by atoms with Crippen LogP contribution in [0.2, 0.25) is 0 Å². The quantitative estimate of drug-likeness (QED) is 0.492. The molecule has 0 amide bonds. The van der Waals surface area contributed by atoms with Gasteiger partial charge in [0.1, 0.15) is 5.52 Å². The van der Waals surface area contributed by atoms with E-state index in [0.29, 0.717) is 0 Å². The second-order valence-corrected chi connectivity index (χ2v) is 2.98. The molecule has 99 valence electrons. The van der Waals surface area contributed by atoms with Crippen molar-refractivity contribution in [3.63, 3.8) is 0 Å². The van der Waals surface area contributed by atoms with Gasteiger partial charge in [-0.2, -0.15) is 10.3 Å². The maximum absolute atomic E-state index is 10.9. The van der Waals surface area contributed by atoms with Gasteiger partial charge >= 0.3 is 11.4 Å². The number of methoxy groups -OCH3 is 1. The fourth-order valence-electron chi connectivity index (χ4n) is 1.44. The average Bonchev–Trinajstić information content (AvgIpc) is 2.73.